The summed E-state index contributed by atoms with van der Waals surface area (Å²) in [6.07, 6.45) is 1.57. The van der Waals surface area contributed by atoms with Crippen LogP contribution in [0.4, 0.5) is 5.13 Å². The maximum atomic E-state index is 10.0. The summed E-state index contributed by atoms with van der Waals surface area (Å²) >= 11 is 1.46. The van der Waals surface area contributed by atoms with E-state index < -0.39 is 0 Å². The molecule has 22 heavy (non-hydrogen) atoms. The number of fused-ring (bicyclic) bond motifs is 1. The molecule has 0 amide bonds. The number of benzene rings is 2. The van der Waals surface area contributed by atoms with Crippen LogP contribution in [0.15, 0.2) is 41.4 Å². The Bertz CT molecular complexity index is 843. The minimum absolute atomic E-state index is 0.0624. The fourth-order valence-corrected chi connectivity index (χ4v) is 2.89. The third-order valence-electron chi connectivity index (χ3n) is 3.15. The molecule has 0 spiro atoms. The van der Waals surface area contributed by atoms with Gasteiger partial charge in [0.1, 0.15) is 11.3 Å². The lowest BCUT2D eigenvalue weighted by Gasteiger charge is -2.04. The lowest BCUT2D eigenvalue weighted by molar-refractivity contribution is 0.373. The smallest absolute Gasteiger partial charge is 0.210 e. The highest BCUT2D eigenvalue weighted by molar-refractivity contribution is 7.22. The molecule has 3 aromatic rings. The number of aromatic hydroxyl groups is 1. The second kappa shape index (κ2) is 6.03. The lowest BCUT2D eigenvalue weighted by atomic mass is 10.2. The molecule has 0 saturated heterocycles. The molecular weight excluding hydrogens is 300 g/mol. The van der Waals surface area contributed by atoms with Gasteiger partial charge in [-0.25, -0.2) is 9.98 Å². The highest BCUT2D eigenvalue weighted by atomic mass is 32.1. The van der Waals surface area contributed by atoms with Gasteiger partial charge in [0.05, 0.1) is 18.9 Å². The maximum absolute atomic E-state index is 10.0. The van der Waals surface area contributed by atoms with Crippen molar-refractivity contribution in [3.05, 3.63) is 42.0 Å². The Balaban J connectivity index is 1.96. The third kappa shape index (κ3) is 2.60. The topological polar surface area (TPSA) is 63.9 Å². The van der Waals surface area contributed by atoms with Crippen molar-refractivity contribution in [3.63, 3.8) is 0 Å². The zero-order chi connectivity index (χ0) is 15.5. The first-order valence-corrected chi connectivity index (χ1v) is 7.38. The van der Waals surface area contributed by atoms with Gasteiger partial charge < -0.3 is 14.6 Å². The number of aromatic nitrogens is 1. The predicted octanol–water partition coefficient (Wildman–Crippen LogP) is 3.77. The zero-order valence-electron chi connectivity index (χ0n) is 12.1. The molecule has 0 aliphatic carbocycles. The maximum Gasteiger partial charge on any atom is 0.210 e. The molecule has 0 aliphatic heterocycles. The third-order valence-corrected chi connectivity index (χ3v) is 4.08. The fourth-order valence-electron chi connectivity index (χ4n) is 2.06. The molecule has 0 atom stereocenters. The molecular formula is C16H14N2O3S. The van der Waals surface area contributed by atoms with Crippen LogP contribution < -0.4 is 9.47 Å². The van der Waals surface area contributed by atoms with Crippen LogP contribution in [-0.2, 0) is 0 Å². The molecule has 0 bridgehead atoms. The zero-order valence-corrected chi connectivity index (χ0v) is 12.9. The quantitative estimate of drug-likeness (QED) is 0.745. The van der Waals surface area contributed by atoms with Gasteiger partial charge in [-0.05, 0) is 24.3 Å². The minimum atomic E-state index is 0.0624. The predicted molar refractivity (Wildman–Crippen MR) is 88.1 cm³/mol. The number of phenols is 1. The van der Waals surface area contributed by atoms with Crippen LogP contribution >= 0.6 is 11.3 Å². The number of nitrogens with zero attached hydrogens (tertiary/aromatic N) is 2. The number of aliphatic imine (C=N–C) groups is 1. The van der Waals surface area contributed by atoms with Gasteiger partial charge >= 0.3 is 0 Å². The van der Waals surface area contributed by atoms with E-state index in [0.29, 0.717) is 16.4 Å². The van der Waals surface area contributed by atoms with E-state index >= 15 is 0 Å². The number of rotatable bonds is 4. The van der Waals surface area contributed by atoms with E-state index in [1.165, 1.54) is 18.4 Å². The van der Waals surface area contributed by atoms with Crippen molar-refractivity contribution in [2.24, 2.45) is 4.99 Å². The first-order chi connectivity index (χ1) is 10.7. The molecule has 1 N–H and O–H groups in total. The van der Waals surface area contributed by atoms with Crippen molar-refractivity contribution >= 4 is 32.9 Å². The van der Waals surface area contributed by atoms with Gasteiger partial charge in [0, 0.05) is 11.8 Å². The Morgan fingerprint density at radius 1 is 1.09 bits per heavy atom. The summed E-state index contributed by atoms with van der Waals surface area (Å²) in [4.78, 5) is 8.79. The molecule has 0 aliphatic rings. The number of phenolic OH excluding ortho intramolecular Hbond substituents is 1. The van der Waals surface area contributed by atoms with Gasteiger partial charge in [-0.2, -0.15) is 0 Å². The second-order valence-electron chi connectivity index (χ2n) is 4.46. The SMILES string of the molecule is COc1cccc(/C=N/c2nc3c(OC)cccc3s2)c1O. The van der Waals surface area contributed by atoms with Gasteiger partial charge in [0.25, 0.3) is 0 Å². The lowest BCUT2D eigenvalue weighted by Crippen LogP contribution is -1.88. The normalized spacial score (nSPS) is 11.2. The van der Waals surface area contributed by atoms with E-state index in [1.54, 1.807) is 31.5 Å². The van der Waals surface area contributed by atoms with Gasteiger partial charge in [-0.3, -0.25) is 0 Å². The second-order valence-corrected chi connectivity index (χ2v) is 5.47. The van der Waals surface area contributed by atoms with Crippen LogP contribution in [0, 0.1) is 0 Å². The van der Waals surface area contributed by atoms with Crippen molar-refractivity contribution < 1.29 is 14.6 Å². The minimum Gasteiger partial charge on any atom is -0.504 e. The van der Waals surface area contributed by atoms with Crippen molar-refractivity contribution in [2.45, 2.75) is 0 Å². The molecule has 6 heteroatoms. The van der Waals surface area contributed by atoms with Crippen LogP contribution in [0.5, 0.6) is 17.2 Å². The van der Waals surface area contributed by atoms with E-state index in [1.807, 2.05) is 18.2 Å². The number of hydrogen-bond acceptors (Lipinski definition) is 6. The largest absolute Gasteiger partial charge is 0.504 e. The standard InChI is InChI=1S/C16H14N2O3S/c1-20-11-6-4-8-13-14(11)18-16(22-13)17-9-10-5-3-7-12(21-2)15(10)19/h3-9,19H,1-2H3/b17-9+. The number of ether oxygens (including phenoxy) is 2. The Kier molecular flexibility index (Phi) is 3.93. The van der Waals surface area contributed by atoms with Crippen LogP contribution in [0.1, 0.15) is 5.56 Å². The highest BCUT2D eigenvalue weighted by Crippen LogP contribution is 2.34. The van der Waals surface area contributed by atoms with E-state index in [0.717, 1.165) is 16.0 Å². The van der Waals surface area contributed by atoms with Gasteiger partial charge in [0.15, 0.2) is 11.5 Å². The first kappa shape index (κ1) is 14.3. The summed E-state index contributed by atoms with van der Waals surface area (Å²) in [6, 6.07) is 11.0. The molecule has 3 rings (SSSR count). The van der Waals surface area contributed by atoms with Crippen molar-refractivity contribution in [1.82, 2.24) is 4.98 Å². The number of thiazole rings is 1. The van der Waals surface area contributed by atoms with E-state index in [9.17, 15) is 5.11 Å². The molecule has 0 unspecified atom stereocenters. The molecule has 0 saturated carbocycles. The van der Waals surface area contributed by atoms with Gasteiger partial charge in [0.2, 0.25) is 5.13 Å². The average molecular weight is 314 g/mol. The Morgan fingerprint density at radius 3 is 2.59 bits per heavy atom. The molecule has 112 valence electrons. The van der Waals surface area contributed by atoms with Crippen molar-refractivity contribution in [3.8, 4) is 17.2 Å². The number of hydrogen-bond donors (Lipinski definition) is 1. The number of para-hydroxylation sites is 2. The van der Waals surface area contributed by atoms with Crippen LogP contribution in [0.3, 0.4) is 0 Å². The van der Waals surface area contributed by atoms with Crippen LogP contribution in [0.2, 0.25) is 0 Å². The Hall–Kier alpha value is -2.60. The number of methoxy groups -OCH3 is 2. The highest BCUT2D eigenvalue weighted by Gasteiger charge is 2.08. The molecule has 0 fully saturated rings. The summed E-state index contributed by atoms with van der Waals surface area (Å²) in [7, 11) is 3.13. The van der Waals surface area contributed by atoms with Crippen molar-refractivity contribution in [2.75, 3.05) is 14.2 Å². The summed E-state index contributed by atoms with van der Waals surface area (Å²) < 4.78 is 11.4. The van der Waals surface area contributed by atoms with Gasteiger partial charge in [-0.1, -0.05) is 23.5 Å². The molecule has 5 nitrogen and oxygen atoms in total. The average Bonchev–Trinajstić information content (AvgIpc) is 2.96. The molecule has 1 heterocycles. The Labute approximate surface area is 131 Å². The summed E-state index contributed by atoms with van der Waals surface area (Å²) in [6.45, 7) is 0. The molecule has 2 aromatic carbocycles. The monoisotopic (exact) mass is 314 g/mol. The summed E-state index contributed by atoms with van der Waals surface area (Å²) in [5, 5.41) is 10.6. The van der Waals surface area contributed by atoms with E-state index in [4.69, 9.17) is 9.47 Å². The summed E-state index contributed by atoms with van der Waals surface area (Å²) in [5.41, 5.74) is 1.36. The van der Waals surface area contributed by atoms with Crippen molar-refractivity contribution in [1.29, 1.82) is 0 Å². The van der Waals surface area contributed by atoms with Crippen LogP contribution in [-0.4, -0.2) is 30.5 Å². The molecule has 0 radical (unpaired) electrons. The Morgan fingerprint density at radius 2 is 1.82 bits per heavy atom. The van der Waals surface area contributed by atoms with E-state index in [-0.39, 0.29) is 5.75 Å². The fraction of sp³-hybridized carbons (Fsp3) is 0.125. The molecule has 1 aromatic heterocycles. The van der Waals surface area contributed by atoms with Crippen LogP contribution in [0.25, 0.3) is 10.2 Å². The summed E-state index contributed by atoms with van der Waals surface area (Å²) in [5.74, 6) is 1.20. The van der Waals surface area contributed by atoms with E-state index in [2.05, 4.69) is 9.98 Å². The van der Waals surface area contributed by atoms with Gasteiger partial charge in [-0.15, -0.1) is 0 Å². The first-order valence-electron chi connectivity index (χ1n) is 6.56.